The van der Waals surface area contributed by atoms with Crippen LogP contribution in [-0.2, 0) is 0 Å². The second kappa shape index (κ2) is 4.95. The molecule has 0 aromatic rings. The van der Waals surface area contributed by atoms with Gasteiger partial charge >= 0.3 is 0 Å². The summed E-state index contributed by atoms with van der Waals surface area (Å²) in [5.41, 5.74) is 0. The van der Waals surface area contributed by atoms with Gasteiger partial charge in [0.15, 0.2) is 0 Å². The van der Waals surface area contributed by atoms with Gasteiger partial charge < -0.3 is 0 Å². The Balaban J connectivity index is 1.90. The average molecular weight is 206 g/mol. The van der Waals surface area contributed by atoms with Crippen LogP contribution in [-0.4, -0.2) is 49.1 Å². The lowest BCUT2D eigenvalue weighted by Crippen LogP contribution is -2.52. The van der Waals surface area contributed by atoms with Crippen LogP contribution in [0, 0.1) is 11.8 Å². The zero-order chi connectivity index (χ0) is 10.7. The van der Waals surface area contributed by atoms with E-state index in [9.17, 15) is 0 Å². The maximum atomic E-state index is 3.83. The molecule has 2 heterocycles. The van der Waals surface area contributed by atoms with Crippen molar-refractivity contribution < 1.29 is 0 Å². The van der Waals surface area contributed by atoms with Crippen molar-refractivity contribution in [2.45, 2.75) is 6.42 Å². The maximum absolute atomic E-state index is 3.83. The largest absolute Gasteiger partial charge is 0.299 e. The summed E-state index contributed by atoms with van der Waals surface area (Å²) in [5.74, 6) is 1.75. The molecular formula is C13H22N2. The van der Waals surface area contributed by atoms with Crippen LogP contribution in [0.5, 0.6) is 0 Å². The van der Waals surface area contributed by atoms with Gasteiger partial charge in [-0.25, -0.2) is 0 Å². The maximum Gasteiger partial charge on any atom is 0.0160 e. The van der Waals surface area contributed by atoms with E-state index in [-0.39, 0.29) is 0 Å². The number of piperidine rings is 2. The summed E-state index contributed by atoms with van der Waals surface area (Å²) in [4.78, 5) is 5.11. The molecule has 0 atom stereocenters. The zero-order valence-electron chi connectivity index (χ0n) is 9.57. The molecule has 2 saturated heterocycles. The van der Waals surface area contributed by atoms with Gasteiger partial charge in [0.25, 0.3) is 0 Å². The summed E-state index contributed by atoms with van der Waals surface area (Å²) in [6, 6.07) is 0. The number of hydrogen-bond acceptors (Lipinski definition) is 2. The van der Waals surface area contributed by atoms with Crippen molar-refractivity contribution in [1.82, 2.24) is 9.80 Å². The van der Waals surface area contributed by atoms with Crippen LogP contribution >= 0.6 is 0 Å². The highest BCUT2D eigenvalue weighted by atomic mass is 15.2. The van der Waals surface area contributed by atoms with Crippen molar-refractivity contribution >= 4 is 0 Å². The zero-order valence-corrected chi connectivity index (χ0v) is 9.57. The van der Waals surface area contributed by atoms with Crippen molar-refractivity contribution in [2.24, 2.45) is 11.8 Å². The monoisotopic (exact) mass is 206 g/mol. The molecule has 0 spiro atoms. The molecule has 2 bridgehead atoms. The van der Waals surface area contributed by atoms with Gasteiger partial charge in [-0.1, -0.05) is 12.2 Å². The molecule has 2 fully saturated rings. The second-order valence-corrected chi connectivity index (χ2v) is 4.98. The molecular weight excluding hydrogens is 184 g/mol. The minimum atomic E-state index is 0.873. The predicted octanol–water partition coefficient (Wildman–Crippen LogP) is 1.61. The van der Waals surface area contributed by atoms with E-state index in [0.29, 0.717) is 0 Å². The fourth-order valence-electron chi connectivity index (χ4n) is 3.16. The summed E-state index contributed by atoms with van der Waals surface area (Å²) >= 11 is 0. The van der Waals surface area contributed by atoms with Gasteiger partial charge in [0.1, 0.15) is 0 Å². The van der Waals surface area contributed by atoms with Gasteiger partial charge in [0, 0.05) is 39.3 Å². The van der Waals surface area contributed by atoms with Crippen molar-refractivity contribution in [1.29, 1.82) is 0 Å². The summed E-state index contributed by atoms with van der Waals surface area (Å²) in [5, 5.41) is 0. The standard InChI is InChI=1S/C13H22N2/c1-3-5-14-8-12-7-13(9-14)11-15(10-12)6-4-2/h3-4,12-13H,1-2,5-11H2. The van der Waals surface area contributed by atoms with E-state index in [1.54, 1.807) is 0 Å². The Morgan fingerprint density at radius 2 is 1.27 bits per heavy atom. The molecule has 0 aromatic heterocycles. The van der Waals surface area contributed by atoms with Gasteiger partial charge in [-0.2, -0.15) is 0 Å². The first-order valence-electron chi connectivity index (χ1n) is 5.98. The van der Waals surface area contributed by atoms with Crippen LogP contribution in [0.1, 0.15) is 6.42 Å². The molecule has 0 saturated carbocycles. The molecule has 2 aliphatic heterocycles. The van der Waals surface area contributed by atoms with Crippen molar-refractivity contribution in [3.05, 3.63) is 25.3 Å². The molecule has 0 unspecified atom stereocenters. The predicted molar refractivity (Wildman–Crippen MR) is 64.9 cm³/mol. The van der Waals surface area contributed by atoms with E-state index < -0.39 is 0 Å². The third-order valence-electron chi connectivity index (χ3n) is 3.51. The summed E-state index contributed by atoms with van der Waals surface area (Å²) in [6.07, 6.45) is 5.49. The van der Waals surface area contributed by atoms with E-state index in [1.807, 2.05) is 12.2 Å². The van der Waals surface area contributed by atoms with Crippen LogP contribution in [0.2, 0.25) is 0 Å². The fourth-order valence-corrected chi connectivity index (χ4v) is 3.16. The first-order valence-corrected chi connectivity index (χ1v) is 5.98. The van der Waals surface area contributed by atoms with Crippen molar-refractivity contribution in [3.63, 3.8) is 0 Å². The molecule has 0 aliphatic carbocycles. The first kappa shape index (κ1) is 10.9. The van der Waals surface area contributed by atoms with E-state index in [2.05, 4.69) is 23.0 Å². The quantitative estimate of drug-likeness (QED) is 0.645. The van der Waals surface area contributed by atoms with Gasteiger partial charge in [-0.05, 0) is 18.3 Å². The van der Waals surface area contributed by atoms with Gasteiger partial charge in [-0.3, -0.25) is 9.80 Å². The molecule has 2 nitrogen and oxygen atoms in total. The number of hydrogen-bond donors (Lipinski definition) is 0. The van der Waals surface area contributed by atoms with Crippen molar-refractivity contribution in [3.8, 4) is 0 Å². The average Bonchev–Trinajstić information content (AvgIpc) is 2.17. The highest BCUT2D eigenvalue weighted by molar-refractivity contribution is 4.91. The van der Waals surface area contributed by atoms with Crippen LogP contribution in [0.4, 0.5) is 0 Å². The topological polar surface area (TPSA) is 6.48 Å². The molecule has 0 radical (unpaired) electrons. The molecule has 2 rings (SSSR count). The molecule has 0 aromatic carbocycles. The second-order valence-electron chi connectivity index (χ2n) is 4.98. The lowest BCUT2D eigenvalue weighted by Gasteiger charge is -2.45. The van der Waals surface area contributed by atoms with Crippen LogP contribution in [0.3, 0.4) is 0 Å². The number of fused-ring (bicyclic) bond motifs is 2. The molecule has 0 amide bonds. The first-order chi connectivity index (χ1) is 7.31. The summed E-state index contributed by atoms with van der Waals surface area (Å²) < 4.78 is 0. The SMILES string of the molecule is C=CCN1CC2CC(C1)CN(CC=C)C2. The Morgan fingerprint density at radius 3 is 1.60 bits per heavy atom. The van der Waals surface area contributed by atoms with E-state index >= 15 is 0 Å². The van der Waals surface area contributed by atoms with Crippen LogP contribution < -0.4 is 0 Å². The molecule has 15 heavy (non-hydrogen) atoms. The number of nitrogens with zero attached hydrogens (tertiary/aromatic N) is 2. The Morgan fingerprint density at radius 1 is 0.867 bits per heavy atom. The number of likely N-dealkylation sites (tertiary alicyclic amines) is 2. The van der Waals surface area contributed by atoms with Gasteiger partial charge in [0.05, 0.1) is 0 Å². The van der Waals surface area contributed by atoms with E-state index in [0.717, 1.165) is 24.9 Å². The van der Waals surface area contributed by atoms with Gasteiger partial charge in [0.2, 0.25) is 0 Å². The van der Waals surface area contributed by atoms with Crippen molar-refractivity contribution in [2.75, 3.05) is 39.3 Å². The Kier molecular flexibility index (Phi) is 3.60. The highest BCUT2D eigenvalue weighted by Gasteiger charge is 2.32. The van der Waals surface area contributed by atoms with Gasteiger partial charge in [-0.15, -0.1) is 13.2 Å². The third kappa shape index (κ3) is 2.70. The smallest absolute Gasteiger partial charge is 0.0160 e. The molecule has 0 N–H and O–H groups in total. The Bertz CT molecular complexity index is 201. The molecule has 2 aliphatic rings. The normalized spacial score (nSPS) is 32.5. The Labute approximate surface area is 93.2 Å². The van der Waals surface area contributed by atoms with E-state index in [1.165, 1.54) is 32.6 Å². The minimum Gasteiger partial charge on any atom is -0.299 e. The van der Waals surface area contributed by atoms with Crippen LogP contribution in [0.25, 0.3) is 0 Å². The Hall–Kier alpha value is -0.600. The van der Waals surface area contributed by atoms with Crippen LogP contribution in [0.15, 0.2) is 25.3 Å². The molecule has 84 valence electrons. The number of rotatable bonds is 4. The third-order valence-corrected chi connectivity index (χ3v) is 3.51. The summed E-state index contributed by atoms with van der Waals surface area (Å²) in [6.45, 7) is 14.8. The minimum absolute atomic E-state index is 0.873. The summed E-state index contributed by atoms with van der Waals surface area (Å²) in [7, 11) is 0. The van der Waals surface area contributed by atoms with E-state index in [4.69, 9.17) is 0 Å². The highest BCUT2D eigenvalue weighted by Crippen LogP contribution is 2.28. The fraction of sp³-hybridized carbons (Fsp3) is 0.692. The molecule has 2 heteroatoms. The lowest BCUT2D eigenvalue weighted by atomic mass is 9.84. The lowest BCUT2D eigenvalue weighted by molar-refractivity contribution is 0.0424.